The maximum atomic E-state index is 12.2. The molecule has 1 saturated heterocycles. The Bertz CT molecular complexity index is 701. The summed E-state index contributed by atoms with van der Waals surface area (Å²) in [5.41, 5.74) is -1.04. The molecule has 1 heterocycles. The highest BCUT2D eigenvalue weighted by molar-refractivity contribution is 7.90. The second-order valence-electron chi connectivity index (χ2n) is 4.79. The van der Waals surface area contributed by atoms with Gasteiger partial charge in [-0.1, -0.05) is 6.07 Å². The third-order valence-electron chi connectivity index (χ3n) is 2.81. The van der Waals surface area contributed by atoms with Crippen LogP contribution in [0.2, 0.25) is 0 Å². The van der Waals surface area contributed by atoms with E-state index in [-0.39, 0.29) is 22.9 Å². The van der Waals surface area contributed by atoms with Crippen molar-refractivity contribution in [3.63, 3.8) is 0 Å². The van der Waals surface area contributed by atoms with Crippen molar-refractivity contribution in [3.05, 3.63) is 24.3 Å². The Balaban J connectivity index is 2.38. The number of rotatable bonds is 3. The fraction of sp³-hybridized carbons (Fsp3) is 0.400. The highest BCUT2D eigenvalue weighted by atomic mass is 32.2. The first kappa shape index (κ1) is 14.4. The molecular weight excluding hydrogens is 292 g/mol. The lowest BCUT2D eigenvalue weighted by Gasteiger charge is -2.42. The second-order valence-corrected chi connectivity index (χ2v) is 8.29. The van der Waals surface area contributed by atoms with Crippen LogP contribution in [-0.2, 0) is 20.0 Å². The number of β-amino-alcohol motifs (C(OH)–C–C–N with tert-alkyl or cyclic N) is 1. The lowest BCUT2D eigenvalue weighted by atomic mass is 10.0. The van der Waals surface area contributed by atoms with Gasteiger partial charge in [-0.25, -0.2) is 22.0 Å². The van der Waals surface area contributed by atoms with Crippen molar-refractivity contribution < 1.29 is 21.9 Å². The van der Waals surface area contributed by atoms with Crippen LogP contribution >= 0.6 is 0 Å². The molecule has 1 aromatic rings. The first-order valence-corrected chi connectivity index (χ1v) is 8.36. The monoisotopic (exact) mass is 306 g/mol. The molecule has 106 valence electrons. The molecule has 3 N–H and O–H groups in total. The third kappa shape index (κ3) is 2.79. The zero-order valence-corrected chi connectivity index (χ0v) is 11.8. The molecule has 9 heteroatoms. The van der Waals surface area contributed by atoms with E-state index >= 15 is 0 Å². The summed E-state index contributed by atoms with van der Waals surface area (Å²) in [4.78, 5) is -0.421. The summed E-state index contributed by atoms with van der Waals surface area (Å²) < 4.78 is 47.8. The van der Waals surface area contributed by atoms with Crippen LogP contribution in [0.25, 0.3) is 0 Å². The van der Waals surface area contributed by atoms with Crippen LogP contribution in [0.1, 0.15) is 6.92 Å². The Morgan fingerprint density at radius 2 is 1.74 bits per heavy atom. The van der Waals surface area contributed by atoms with E-state index in [1.807, 2.05) is 0 Å². The maximum absolute atomic E-state index is 12.2. The number of nitrogens with zero attached hydrogens (tertiary/aromatic N) is 1. The predicted octanol–water partition coefficient (Wildman–Crippen LogP) is -0.911. The fourth-order valence-corrected chi connectivity index (χ4v) is 4.20. The van der Waals surface area contributed by atoms with Crippen molar-refractivity contribution in [1.82, 2.24) is 4.31 Å². The minimum atomic E-state index is -3.96. The van der Waals surface area contributed by atoms with Gasteiger partial charge < -0.3 is 5.11 Å². The number of aliphatic hydroxyl groups is 1. The molecule has 1 fully saturated rings. The molecule has 2 rings (SSSR count). The van der Waals surface area contributed by atoms with Gasteiger partial charge in [-0.05, 0) is 25.1 Å². The molecule has 0 atom stereocenters. The zero-order valence-electron chi connectivity index (χ0n) is 10.1. The molecule has 7 nitrogen and oxygen atoms in total. The number of nitrogens with two attached hydrogens (primary N) is 1. The van der Waals surface area contributed by atoms with Gasteiger partial charge in [0.15, 0.2) is 0 Å². The van der Waals surface area contributed by atoms with E-state index in [2.05, 4.69) is 0 Å². The number of benzene rings is 1. The van der Waals surface area contributed by atoms with Crippen LogP contribution in [0.15, 0.2) is 34.1 Å². The number of primary sulfonamides is 1. The van der Waals surface area contributed by atoms with Gasteiger partial charge in [0, 0.05) is 13.1 Å². The Morgan fingerprint density at radius 3 is 2.21 bits per heavy atom. The smallest absolute Gasteiger partial charge is 0.243 e. The minimum absolute atomic E-state index is 0.0189. The summed E-state index contributed by atoms with van der Waals surface area (Å²) in [6.45, 7) is 1.49. The quantitative estimate of drug-likeness (QED) is 0.749. The molecular formula is C10H14N2O5S2. The van der Waals surface area contributed by atoms with Gasteiger partial charge in [-0.2, -0.15) is 4.31 Å². The average molecular weight is 306 g/mol. The molecule has 1 aliphatic rings. The Kier molecular flexibility index (Phi) is 3.22. The number of hydrogen-bond donors (Lipinski definition) is 2. The number of hydrogen-bond acceptors (Lipinski definition) is 5. The van der Waals surface area contributed by atoms with Gasteiger partial charge in [0.2, 0.25) is 20.0 Å². The van der Waals surface area contributed by atoms with Gasteiger partial charge in [0.25, 0.3) is 0 Å². The molecule has 0 radical (unpaired) electrons. The molecule has 19 heavy (non-hydrogen) atoms. The second kappa shape index (κ2) is 4.25. The van der Waals surface area contributed by atoms with Crippen molar-refractivity contribution >= 4 is 20.0 Å². The molecule has 0 amide bonds. The van der Waals surface area contributed by atoms with E-state index in [1.165, 1.54) is 25.1 Å². The van der Waals surface area contributed by atoms with E-state index in [0.29, 0.717) is 0 Å². The molecule has 0 saturated carbocycles. The molecule has 1 aromatic carbocycles. The average Bonchev–Trinajstić information content (AvgIpc) is 2.25. The van der Waals surface area contributed by atoms with Crippen LogP contribution in [-0.4, -0.2) is 44.9 Å². The Morgan fingerprint density at radius 1 is 1.21 bits per heavy atom. The van der Waals surface area contributed by atoms with Crippen molar-refractivity contribution in [3.8, 4) is 0 Å². The first-order chi connectivity index (χ1) is 8.52. The van der Waals surface area contributed by atoms with Gasteiger partial charge in [0.05, 0.1) is 15.4 Å². The molecule has 0 unspecified atom stereocenters. The van der Waals surface area contributed by atoms with Crippen LogP contribution in [0.3, 0.4) is 0 Å². The summed E-state index contributed by atoms with van der Waals surface area (Å²) in [6.07, 6.45) is 0. The molecule has 0 bridgehead atoms. The van der Waals surface area contributed by atoms with E-state index in [9.17, 15) is 21.9 Å². The van der Waals surface area contributed by atoms with Crippen LogP contribution in [0, 0.1) is 0 Å². The van der Waals surface area contributed by atoms with E-state index in [0.717, 1.165) is 10.4 Å². The Labute approximate surface area is 111 Å². The zero-order chi connectivity index (χ0) is 14.5. The van der Waals surface area contributed by atoms with Crippen molar-refractivity contribution in [2.75, 3.05) is 13.1 Å². The Hall–Kier alpha value is -1.00. The third-order valence-corrected chi connectivity index (χ3v) is 5.50. The minimum Gasteiger partial charge on any atom is -0.387 e. The van der Waals surface area contributed by atoms with Crippen LogP contribution in [0.4, 0.5) is 0 Å². The fourth-order valence-electron chi connectivity index (χ4n) is 1.84. The number of sulfonamides is 2. The lowest BCUT2D eigenvalue weighted by Crippen LogP contribution is -2.61. The van der Waals surface area contributed by atoms with Gasteiger partial charge >= 0.3 is 0 Å². The highest BCUT2D eigenvalue weighted by Gasteiger charge is 2.43. The maximum Gasteiger partial charge on any atom is 0.243 e. The summed E-state index contributed by atoms with van der Waals surface area (Å²) in [6, 6.07) is 4.83. The molecule has 0 aromatic heterocycles. The highest BCUT2D eigenvalue weighted by Crippen LogP contribution is 2.28. The van der Waals surface area contributed by atoms with Crippen molar-refractivity contribution in [2.45, 2.75) is 22.3 Å². The normalized spacial score (nSPS) is 19.9. The molecule has 0 spiro atoms. The summed E-state index contributed by atoms with van der Waals surface area (Å²) in [5.74, 6) is 0. The molecule has 0 aliphatic carbocycles. The topological polar surface area (TPSA) is 118 Å². The van der Waals surface area contributed by atoms with Gasteiger partial charge in [0.1, 0.15) is 0 Å². The van der Waals surface area contributed by atoms with Gasteiger partial charge in [-0.15, -0.1) is 0 Å². The van der Waals surface area contributed by atoms with Crippen LogP contribution < -0.4 is 5.14 Å². The van der Waals surface area contributed by atoms with E-state index in [1.54, 1.807) is 0 Å². The van der Waals surface area contributed by atoms with E-state index < -0.39 is 25.6 Å². The molecule has 1 aliphatic heterocycles. The summed E-state index contributed by atoms with van der Waals surface area (Å²) in [5, 5.41) is 14.5. The van der Waals surface area contributed by atoms with Crippen LogP contribution in [0.5, 0.6) is 0 Å². The lowest BCUT2D eigenvalue weighted by molar-refractivity contribution is -0.0426. The summed E-state index contributed by atoms with van der Waals surface area (Å²) >= 11 is 0. The van der Waals surface area contributed by atoms with Crippen molar-refractivity contribution in [2.24, 2.45) is 5.14 Å². The standard InChI is InChI=1S/C10H14N2O5S2/c1-10(13)6-12(7-10)19(16,17)9-4-2-3-8(5-9)18(11,14)15/h2-5,13H,6-7H2,1H3,(H2,11,14,15). The van der Waals surface area contributed by atoms with Gasteiger partial charge in [-0.3, -0.25) is 0 Å². The SMILES string of the molecule is CC1(O)CN(S(=O)(=O)c2cccc(S(N)(=O)=O)c2)C1. The predicted molar refractivity (Wildman–Crippen MR) is 67.2 cm³/mol. The largest absolute Gasteiger partial charge is 0.387 e. The summed E-state index contributed by atoms with van der Waals surface area (Å²) in [7, 11) is -7.76. The van der Waals surface area contributed by atoms with E-state index in [4.69, 9.17) is 5.14 Å². The first-order valence-electron chi connectivity index (χ1n) is 5.38. The van der Waals surface area contributed by atoms with Crippen molar-refractivity contribution in [1.29, 1.82) is 0 Å².